The van der Waals surface area contributed by atoms with E-state index in [2.05, 4.69) is 50.5 Å². The third-order valence-corrected chi connectivity index (χ3v) is 4.93. The van der Waals surface area contributed by atoms with Gasteiger partial charge in [-0.3, -0.25) is 9.80 Å². The lowest BCUT2D eigenvalue weighted by Gasteiger charge is -2.37. The molecule has 0 aliphatic carbocycles. The molecule has 2 heterocycles. The molecule has 1 aliphatic heterocycles. The molecule has 5 heteroatoms. The van der Waals surface area contributed by atoms with Crippen LogP contribution in [0.2, 0.25) is 0 Å². The summed E-state index contributed by atoms with van der Waals surface area (Å²) in [7, 11) is 0. The first-order valence-electron chi connectivity index (χ1n) is 7.55. The van der Waals surface area contributed by atoms with Crippen LogP contribution in [0.25, 0.3) is 0 Å². The molecule has 3 rings (SSSR count). The standard InChI is InChI=1S/C17H20N4S/c1-14-13-22-17(19-14)12-20-7-8-21(16(9-18)11-20)10-15-5-3-2-4-6-15/h2-6,13,16H,7-8,10-12H2,1H3/t16-/m1/s1. The lowest BCUT2D eigenvalue weighted by Crippen LogP contribution is -2.51. The fraction of sp³-hybridized carbons (Fsp3) is 0.412. The molecule has 0 unspecified atom stereocenters. The molecule has 0 N–H and O–H groups in total. The first kappa shape index (κ1) is 15.2. The Balaban J connectivity index is 1.60. The number of aromatic nitrogens is 1. The van der Waals surface area contributed by atoms with Crippen LogP contribution in [0, 0.1) is 18.3 Å². The highest BCUT2D eigenvalue weighted by atomic mass is 32.1. The third-order valence-electron chi connectivity index (χ3n) is 3.98. The minimum atomic E-state index is -0.0463. The van der Waals surface area contributed by atoms with Gasteiger partial charge in [-0.1, -0.05) is 30.3 Å². The van der Waals surface area contributed by atoms with Gasteiger partial charge < -0.3 is 0 Å². The number of rotatable bonds is 4. The molecule has 114 valence electrons. The topological polar surface area (TPSA) is 43.2 Å². The Morgan fingerprint density at radius 2 is 2.09 bits per heavy atom. The van der Waals surface area contributed by atoms with Gasteiger partial charge in [0.15, 0.2) is 0 Å². The zero-order valence-corrected chi connectivity index (χ0v) is 13.6. The van der Waals surface area contributed by atoms with Crippen molar-refractivity contribution >= 4 is 11.3 Å². The molecule has 4 nitrogen and oxygen atoms in total. The van der Waals surface area contributed by atoms with E-state index in [1.807, 2.05) is 13.0 Å². The van der Waals surface area contributed by atoms with Gasteiger partial charge in [0.05, 0.1) is 12.6 Å². The molecule has 1 aromatic heterocycles. The van der Waals surface area contributed by atoms with E-state index in [1.54, 1.807) is 11.3 Å². The van der Waals surface area contributed by atoms with Crippen LogP contribution in [0.3, 0.4) is 0 Å². The average Bonchev–Trinajstić information content (AvgIpc) is 2.95. The molecule has 0 spiro atoms. The molecule has 1 saturated heterocycles. The zero-order valence-electron chi connectivity index (χ0n) is 12.8. The van der Waals surface area contributed by atoms with Crippen molar-refractivity contribution in [2.24, 2.45) is 0 Å². The van der Waals surface area contributed by atoms with Crippen LogP contribution in [0.15, 0.2) is 35.7 Å². The summed E-state index contributed by atoms with van der Waals surface area (Å²) >= 11 is 1.71. The maximum Gasteiger partial charge on any atom is 0.111 e. The van der Waals surface area contributed by atoms with Crippen LogP contribution in [0.4, 0.5) is 0 Å². The first-order chi connectivity index (χ1) is 10.7. The number of nitriles is 1. The second-order valence-corrected chi connectivity index (χ2v) is 6.66. The monoisotopic (exact) mass is 312 g/mol. The van der Waals surface area contributed by atoms with E-state index in [4.69, 9.17) is 0 Å². The smallest absolute Gasteiger partial charge is 0.111 e. The van der Waals surface area contributed by atoms with Crippen molar-refractivity contribution in [2.45, 2.75) is 26.1 Å². The molecule has 0 bridgehead atoms. The summed E-state index contributed by atoms with van der Waals surface area (Å²) in [6.45, 7) is 6.44. The van der Waals surface area contributed by atoms with Gasteiger partial charge in [0.1, 0.15) is 11.0 Å². The van der Waals surface area contributed by atoms with Crippen molar-refractivity contribution in [1.82, 2.24) is 14.8 Å². The molecule has 0 radical (unpaired) electrons. The van der Waals surface area contributed by atoms with Crippen molar-refractivity contribution < 1.29 is 0 Å². The second-order valence-electron chi connectivity index (χ2n) is 5.72. The van der Waals surface area contributed by atoms with Crippen LogP contribution >= 0.6 is 11.3 Å². The van der Waals surface area contributed by atoms with Crippen LogP contribution in [-0.4, -0.2) is 40.5 Å². The molecular formula is C17H20N4S. The number of aryl methyl sites for hydroxylation is 1. The molecule has 22 heavy (non-hydrogen) atoms. The van der Waals surface area contributed by atoms with Crippen LogP contribution in [0.1, 0.15) is 16.3 Å². The fourth-order valence-electron chi connectivity index (χ4n) is 2.82. The molecule has 0 amide bonds. The minimum Gasteiger partial charge on any atom is -0.293 e. The van der Waals surface area contributed by atoms with E-state index in [0.717, 1.165) is 43.4 Å². The van der Waals surface area contributed by atoms with Crippen molar-refractivity contribution in [2.75, 3.05) is 19.6 Å². The average molecular weight is 312 g/mol. The number of hydrogen-bond acceptors (Lipinski definition) is 5. The van der Waals surface area contributed by atoms with Crippen LogP contribution < -0.4 is 0 Å². The lowest BCUT2D eigenvalue weighted by molar-refractivity contribution is 0.0901. The Kier molecular flexibility index (Phi) is 4.84. The molecule has 1 aliphatic rings. The quantitative estimate of drug-likeness (QED) is 0.870. The minimum absolute atomic E-state index is 0.0463. The van der Waals surface area contributed by atoms with Gasteiger partial charge in [0.2, 0.25) is 0 Å². The van der Waals surface area contributed by atoms with Gasteiger partial charge in [-0.25, -0.2) is 4.98 Å². The normalized spacial score (nSPS) is 19.9. The Morgan fingerprint density at radius 3 is 2.77 bits per heavy atom. The van der Waals surface area contributed by atoms with Gasteiger partial charge in [-0.2, -0.15) is 5.26 Å². The summed E-state index contributed by atoms with van der Waals surface area (Å²) in [5, 5.41) is 12.7. The maximum atomic E-state index is 9.50. The second kappa shape index (κ2) is 7.01. The van der Waals surface area contributed by atoms with Crippen molar-refractivity contribution in [3.8, 4) is 6.07 Å². The number of hydrogen-bond donors (Lipinski definition) is 0. The van der Waals surface area contributed by atoms with Crippen LogP contribution in [0.5, 0.6) is 0 Å². The van der Waals surface area contributed by atoms with E-state index in [0.29, 0.717) is 0 Å². The predicted octanol–water partition coefficient (Wildman–Crippen LogP) is 2.66. The lowest BCUT2D eigenvalue weighted by atomic mass is 10.1. The van der Waals surface area contributed by atoms with Gasteiger partial charge in [-0.05, 0) is 12.5 Å². The first-order valence-corrected chi connectivity index (χ1v) is 8.43. The molecule has 1 fully saturated rings. The summed E-state index contributed by atoms with van der Waals surface area (Å²) in [5.74, 6) is 0. The van der Waals surface area contributed by atoms with Gasteiger partial charge in [0, 0.05) is 37.3 Å². The van der Waals surface area contributed by atoms with Crippen molar-refractivity contribution in [3.63, 3.8) is 0 Å². The highest BCUT2D eigenvalue weighted by Crippen LogP contribution is 2.17. The summed E-state index contributed by atoms with van der Waals surface area (Å²) in [6.07, 6.45) is 0. The molecular weight excluding hydrogens is 292 g/mol. The molecule has 0 saturated carbocycles. The third kappa shape index (κ3) is 3.72. The highest BCUT2D eigenvalue weighted by molar-refractivity contribution is 7.09. The fourth-order valence-corrected chi connectivity index (χ4v) is 3.63. The highest BCUT2D eigenvalue weighted by Gasteiger charge is 2.27. The largest absolute Gasteiger partial charge is 0.293 e. The van der Waals surface area contributed by atoms with E-state index in [1.165, 1.54) is 5.56 Å². The van der Waals surface area contributed by atoms with E-state index in [9.17, 15) is 5.26 Å². The van der Waals surface area contributed by atoms with Gasteiger partial charge in [-0.15, -0.1) is 11.3 Å². The van der Waals surface area contributed by atoms with Gasteiger partial charge in [0.25, 0.3) is 0 Å². The summed E-state index contributed by atoms with van der Waals surface area (Å²) < 4.78 is 0. The molecule has 1 atom stereocenters. The zero-order chi connectivity index (χ0) is 15.4. The number of benzene rings is 1. The summed E-state index contributed by atoms with van der Waals surface area (Å²) in [5.41, 5.74) is 2.35. The summed E-state index contributed by atoms with van der Waals surface area (Å²) in [6, 6.07) is 12.8. The van der Waals surface area contributed by atoms with Crippen molar-refractivity contribution in [1.29, 1.82) is 5.26 Å². The number of nitrogens with zero attached hydrogens (tertiary/aromatic N) is 4. The number of thiazole rings is 1. The number of piperazine rings is 1. The predicted molar refractivity (Wildman–Crippen MR) is 88.4 cm³/mol. The maximum absolute atomic E-state index is 9.50. The summed E-state index contributed by atoms with van der Waals surface area (Å²) in [4.78, 5) is 9.14. The Bertz CT molecular complexity index is 646. The Morgan fingerprint density at radius 1 is 1.27 bits per heavy atom. The Labute approximate surface area is 135 Å². The van der Waals surface area contributed by atoms with E-state index >= 15 is 0 Å². The van der Waals surface area contributed by atoms with E-state index in [-0.39, 0.29) is 6.04 Å². The van der Waals surface area contributed by atoms with Crippen molar-refractivity contribution in [3.05, 3.63) is 52.0 Å². The molecule has 1 aromatic carbocycles. The van der Waals surface area contributed by atoms with Gasteiger partial charge >= 0.3 is 0 Å². The van der Waals surface area contributed by atoms with Crippen LogP contribution in [-0.2, 0) is 13.1 Å². The molecule has 2 aromatic rings. The SMILES string of the molecule is Cc1csc(CN2CCN(Cc3ccccc3)[C@H](C#N)C2)n1. The van der Waals surface area contributed by atoms with E-state index < -0.39 is 0 Å². The Hall–Kier alpha value is -1.74.